The molecule has 0 amide bonds. The molecule has 174 valence electrons. The molecule has 0 saturated heterocycles. The Morgan fingerprint density at radius 2 is 1.74 bits per heavy atom. The van der Waals surface area contributed by atoms with E-state index in [4.69, 9.17) is 14.2 Å². The van der Waals surface area contributed by atoms with Crippen molar-refractivity contribution >= 4 is 20.8 Å². The van der Waals surface area contributed by atoms with Gasteiger partial charge in [0.25, 0.3) is 0 Å². The number of pyridine rings is 1. The minimum atomic E-state index is -3.79. The van der Waals surface area contributed by atoms with Gasteiger partial charge in [-0.05, 0) is 29.7 Å². The first-order valence-electron chi connectivity index (χ1n) is 10.8. The molecule has 34 heavy (non-hydrogen) atoms. The Morgan fingerprint density at radius 3 is 2.56 bits per heavy atom. The van der Waals surface area contributed by atoms with Crippen molar-refractivity contribution in [3.8, 4) is 28.6 Å². The average molecular weight is 477 g/mol. The summed E-state index contributed by atoms with van der Waals surface area (Å²) in [6.45, 7) is 0.579. The molecule has 7 nitrogen and oxygen atoms in total. The molecule has 0 N–H and O–H groups in total. The molecule has 1 aliphatic rings. The van der Waals surface area contributed by atoms with E-state index in [0.717, 1.165) is 10.9 Å². The molecular formula is C26H24N2O5S. The molecule has 4 aromatic rings. The lowest BCUT2D eigenvalue weighted by Gasteiger charge is -2.21. The van der Waals surface area contributed by atoms with Gasteiger partial charge in [0.1, 0.15) is 6.61 Å². The molecule has 1 aliphatic heterocycles. The zero-order chi connectivity index (χ0) is 23.7. The van der Waals surface area contributed by atoms with Crippen LogP contribution >= 0.6 is 0 Å². The van der Waals surface area contributed by atoms with Gasteiger partial charge in [-0.2, -0.15) is 4.31 Å². The minimum Gasteiger partial charge on any atom is -0.493 e. The summed E-state index contributed by atoms with van der Waals surface area (Å²) in [5.74, 6) is 1.56. The second-order valence-electron chi connectivity index (χ2n) is 7.90. The Morgan fingerprint density at radius 1 is 0.941 bits per heavy atom. The van der Waals surface area contributed by atoms with Gasteiger partial charge in [-0.3, -0.25) is 0 Å². The number of methoxy groups -OCH3 is 2. The summed E-state index contributed by atoms with van der Waals surface area (Å²) < 4.78 is 45.8. The first-order valence-corrected chi connectivity index (χ1v) is 12.3. The molecule has 0 atom stereocenters. The van der Waals surface area contributed by atoms with E-state index in [1.807, 2.05) is 54.6 Å². The fourth-order valence-electron chi connectivity index (χ4n) is 4.21. The van der Waals surface area contributed by atoms with Crippen molar-refractivity contribution in [1.29, 1.82) is 0 Å². The van der Waals surface area contributed by atoms with Crippen molar-refractivity contribution in [3.63, 3.8) is 0 Å². The van der Waals surface area contributed by atoms with E-state index in [1.165, 1.54) is 4.31 Å². The van der Waals surface area contributed by atoms with Crippen LogP contribution in [0, 0.1) is 0 Å². The van der Waals surface area contributed by atoms with Crippen LogP contribution in [0.3, 0.4) is 0 Å². The number of aromatic nitrogens is 1. The summed E-state index contributed by atoms with van der Waals surface area (Å²) in [5, 5.41) is 1.57. The molecule has 2 heterocycles. The number of fused-ring (bicyclic) bond motifs is 2. The highest BCUT2D eigenvalue weighted by Gasteiger charge is 2.30. The minimum absolute atomic E-state index is 0.148. The van der Waals surface area contributed by atoms with Gasteiger partial charge in [0.2, 0.25) is 15.9 Å². The zero-order valence-electron chi connectivity index (χ0n) is 18.9. The molecule has 0 saturated carbocycles. The average Bonchev–Trinajstić information content (AvgIpc) is 3.11. The second-order valence-corrected chi connectivity index (χ2v) is 9.80. The van der Waals surface area contributed by atoms with Crippen molar-refractivity contribution in [2.24, 2.45) is 0 Å². The second kappa shape index (κ2) is 8.96. The third-order valence-electron chi connectivity index (χ3n) is 5.88. The summed E-state index contributed by atoms with van der Waals surface area (Å²) in [6.07, 6.45) is 0. The van der Waals surface area contributed by atoms with Crippen molar-refractivity contribution in [1.82, 2.24) is 9.29 Å². The summed E-state index contributed by atoms with van der Waals surface area (Å²) in [4.78, 5) is 4.79. The first-order chi connectivity index (χ1) is 16.5. The van der Waals surface area contributed by atoms with Crippen molar-refractivity contribution in [3.05, 3.63) is 78.4 Å². The van der Waals surface area contributed by atoms with Crippen LogP contribution in [0.15, 0.2) is 77.7 Å². The van der Waals surface area contributed by atoms with Gasteiger partial charge >= 0.3 is 0 Å². The van der Waals surface area contributed by atoms with E-state index < -0.39 is 10.0 Å². The van der Waals surface area contributed by atoms with Crippen LogP contribution in [0.5, 0.6) is 17.4 Å². The normalized spacial score (nSPS) is 14.2. The van der Waals surface area contributed by atoms with E-state index in [0.29, 0.717) is 34.0 Å². The highest BCUT2D eigenvalue weighted by molar-refractivity contribution is 7.89. The zero-order valence-corrected chi connectivity index (χ0v) is 19.7. The predicted octanol–water partition coefficient (Wildman–Crippen LogP) is 4.50. The highest BCUT2D eigenvalue weighted by atomic mass is 32.2. The van der Waals surface area contributed by atoms with Crippen LogP contribution in [-0.2, 0) is 16.6 Å². The number of hydrogen-bond acceptors (Lipinski definition) is 6. The summed E-state index contributed by atoms with van der Waals surface area (Å²) in [5.41, 5.74) is 2.18. The van der Waals surface area contributed by atoms with E-state index in [1.54, 1.807) is 32.4 Å². The largest absolute Gasteiger partial charge is 0.493 e. The third kappa shape index (κ3) is 3.95. The van der Waals surface area contributed by atoms with E-state index in [-0.39, 0.29) is 24.6 Å². The third-order valence-corrected chi connectivity index (χ3v) is 7.78. The first kappa shape index (κ1) is 22.2. The number of ether oxygens (including phenoxy) is 3. The van der Waals surface area contributed by atoms with Gasteiger partial charge in [0.15, 0.2) is 11.5 Å². The monoisotopic (exact) mass is 476 g/mol. The molecule has 0 spiro atoms. The fraction of sp³-hybridized carbons (Fsp3) is 0.192. The Hall–Kier alpha value is -3.62. The van der Waals surface area contributed by atoms with Crippen LogP contribution in [0.2, 0.25) is 0 Å². The molecule has 0 fully saturated rings. The van der Waals surface area contributed by atoms with Gasteiger partial charge in [-0.1, -0.05) is 42.5 Å². The van der Waals surface area contributed by atoms with Gasteiger partial charge in [0.05, 0.1) is 24.8 Å². The summed E-state index contributed by atoms with van der Waals surface area (Å²) in [6, 6.07) is 22.1. The van der Waals surface area contributed by atoms with Gasteiger partial charge in [-0.15, -0.1) is 0 Å². The lowest BCUT2D eigenvalue weighted by molar-refractivity contribution is 0.279. The molecule has 0 bridgehead atoms. The maximum Gasteiger partial charge on any atom is 0.244 e. The maximum absolute atomic E-state index is 13.8. The Labute approximate surface area is 198 Å². The topological polar surface area (TPSA) is 78.0 Å². The van der Waals surface area contributed by atoms with Crippen LogP contribution in [0.25, 0.3) is 22.0 Å². The number of sulfonamides is 1. The lowest BCUT2D eigenvalue weighted by Crippen LogP contribution is -2.32. The molecular weight excluding hydrogens is 452 g/mol. The van der Waals surface area contributed by atoms with E-state index >= 15 is 0 Å². The van der Waals surface area contributed by atoms with E-state index in [2.05, 4.69) is 4.98 Å². The van der Waals surface area contributed by atoms with Crippen LogP contribution in [0.4, 0.5) is 0 Å². The number of rotatable bonds is 5. The van der Waals surface area contributed by atoms with Crippen LogP contribution < -0.4 is 14.2 Å². The number of nitrogens with zero attached hydrogens (tertiary/aromatic N) is 2. The lowest BCUT2D eigenvalue weighted by atomic mass is 10.1. The SMILES string of the molecule is COc1cccc(-c2cc3c(c(OC)c2)OCCN(S(=O)(=O)c2cccc4ccccc24)C3)n1. The van der Waals surface area contributed by atoms with Crippen molar-refractivity contribution < 1.29 is 22.6 Å². The molecule has 8 heteroatoms. The van der Waals surface area contributed by atoms with Crippen molar-refractivity contribution in [2.45, 2.75) is 11.4 Å². The predicted molar refractivity (Wildman–Crippen MR) is 130 cm³/mol. The maximum atomic E-state index is 13.8. The van der Waals surface area contributed by atoms with Gasteiger partial charge in [0, 0.05) is 35.7 Å². The van der Waals surface area contributed by atoms with Crippen LogP contribution in [0.1, 0.15) is 5.56 Å². The molecule has 5 rings (SSSR count). The Balaban J connectivity index is 1.59. The number of benzene rings is 3. The molecule has 3 aromatic carbocycles. The molecule has 1 aromatic heterocycles. The number of hydrogen-bond donors (Lipinski definition) is 0. The van der Waals surface area contributed by atoms with Crippen molar-refractivity contribution in [2.75, 3.05) is 27.4 Å². The smallest absolute Gasteiger partial charge is 0.244 e. The van der Waals surface area contributed by atoms with Gasteiger partial charge < -0.3 is 14.2 Å². The highest BCUT2D eigenvalue weighted by Crippen LogP contribution is 2.39. The Kier molecular flexibility index (Phi) is 5.85. The fourth-order valence-corrected chi connectivity index (χ4v) is 5.83. The quantitative estimate of drug-likeness (QED) is 0.422. The van der Waals surface area contributed by atoms with Crippen LogP contribution in [-0.4, -0.2) is 45.1 Å². The summed E-state index contributed by atoms with van der Waals surface area (Å²) >= 11 is 0. The summed E-state index contributed by atoms with van der Waals surface area (Å²) in [7, 11) is -0.656. The molecule has 0 radical (unpaired) electrons. The molecule has 0 unspecified atom stereocenters. The van der Waals surface area contributed by atoms with Gasteiger partial charge in [-0.25, -0.2) is 13.4 Å². The Bertz CT molecular complexity index is 1460. The molecule has 0 aliphatic carbocycles. The van der Waals surface area contributed by atoms with E-state index in [9.17, 15) is 8.42 Å². The standard InChI is InChI=1S/C26H24N2O5S/c1-31-23-16-19(22-10-6-12-25(27-22)32-2)15-20-17-28(13-14-33-26(20)23)34(29,30)24-11-5-8-18-7-3-4-9-21(18)24/h3-12,15-16H,13-14,17H2,1-2H3.